The minimum atomic E-state index is -0.125. The standard InChI is InChI=1S/C55H37NO/c1-55(2)49-24-12-11-23-44(49)45-28-26-37(32-50(45)55)56(51-25-13-17-34-14-3-7-19-40(34)51)38-27-29-46-48-31-36-16-5-8-20-41(36)53(54(48)57-52(46)33-38)47-30-35-15-4-6-18-39(35)42-21-9-10-22-43(42)47/h3-33H,1-2H3. The molecule has 1 aromatic heterocycles. The smallest absolute Gasteiger partial charge is 0.143 e. The first-order chi connectivity index (χ1) is 28.0. The Balaban J connectivity index is 1.12. The van der Waals surface area contributed by atoms with Gasteiger partial charge in [0.05, 0.1) is 5.69 Å². The number of furan rings is 1. The molecule has 0 unspecified atom stereocenters. The molecule has 0 fully saturated rings. The molecule has 0 amide bonds. The Kier molecular flexibility index (Phi) is 6.72. The van der Waals surface area contributed by atoms with E-state index in [0.29, 0.717) is 0 Å². The molecule has 1 heterocycles. The number of hydrogen-bond acceptors (Lipinski definition) is 2. The summed E-state index contributed by atoms with van der Waals surface area (Å²) >= 11 is 0. The van der Waals surface area contributed by atoms with Gasteiger partial charge in [-0.15, -0.1) is 0 Å². The Morgan fingerprint density at radius 3 is 1.84 bits per heavy atom. The van der Waals surface area contributed by atoms with Gasteiger partial charge >= 0.3 is 0 Å². The lowest BCUT2D eigenvalue weighted by Crippen LogP contribution is -2.16. The number of hydrogen-bond donors (Lipinski definition) is 0. The number of fused-ring (bicyclic) bond motifs is 11. The van der Waals surface area contributed by atoms with E-state index in [-0.39, 0.29) is 5.41 Å². The summed E-state index contributed by atoms with van der Waals surface area (Å²) in [5.41, 5.74) is 12.6. The summed E-state index contributed by atoms with van der Waals surface area (Å²) in [5, 5.41) is 12.0. The normalized spacial score (nSPS) is 13.2. The van der Waals surface area contributed by atoms with E-state index in [1.165, 1.54) is 70.9 Å². The predicted octanol–water partition coefficient (Wildman–Crippen LogP) is 15.6. The third kappa shape index (κ3) is 4.65. The molecular weight excluding hydrogens is 691 g/mol. The van der Waals surface area contributed by atoms with E-state index in [4.69, 9.17) is 4.42 Å². The van der Waals surface area contributed by atoms with Crippen LogP contribution in [-0.4, -0.2) is 0 Å². The zero-order valence-electron chi connectivity index (χ0n) is 31.8. The van der Waals surface area contributed by atoms with E-state index in [9.17, 15) is 0 Å². The second kappa shape index (κ2) is 11.9. The quantitative estimate of drug-likeness (QED) is 0.168. The third-order valence-electron chi connectivity index (χ3n) is 12.6. The van der Waals surface area contributed by atoms with Crippen molar-refractivity contribution >= 4 is 82.1 Å². The van der Waals surface area contributed by atoms with Crippen LogP contribution >= 0.6 is 0 Å². The van der Waals surface area contributed by atoms with Crippen LogP contribution in [0.3, 0.4) is 0 Å². The van der Waals surface area contributed by atoms with E-state index in [1.54, 1.807) is 0 Å². The molecule has 0 atom stereocenters. The van der Waals surface area contributed by atoms with Gasteiger partial charge in [0.15, 0.2) is 0 Å². The Morgan fingerprint density at radius 2 is 1.00 bits per heavy atom. The molecule has 0 N–H and O–H groups in total. The molecule has 11 aromatic rings. The molecule has 2 nitrogen and oxygen atoms in total. The van der Waals surface area contributed by atoms with Crippen molar-refractivity contribution in [3.8, 4) is 22.3 Å². The summed E-state index contributed by atoms with van der Waals surface area (Å²) in [7, 11) is 0. The first-order valence-corrected chi connectivity index (χ1v) is 19.8. The topological polar surface area (TPSA) is 16.4 Å². The monoisotopic (exact) mass is 727 g/mol. The maximum atomic E-state index is 7.18. The highest BCUT2D eigenvalue weighted by atomic mass is 16.3. The Hall–Kier alpha value is -7.16. The highest BCUT2D eigenvalue weighted by molar-refractivity contribution is 6.23. The molecule has 2 heteroatoms. The van der Waals surface area contributed by atoms with Crippen LogP contribution in [0.1, 0.15) is 25.0 Å². The molecule has 0 saturated carbocycles. The van der Waals surface area contributed by atoms with Gasteiger partial charge in [0.2, 0.25) is 0 Å². The zero-order chi connectivity index (χ0) is 37.8. The van der Waals surface area contributed by atoms with Crippen LogP contribution < -0.4 is 4.90 Å². The van der Waals surface area contributed by atoms with Gasteiger partial charge in [-0.2, -0.15) is 0 Å². The minimum absolute atomic E-state index is 0.125. The van der Waals surface area contributed by atoms with Crippen LogP contribution in [0.5, 0.6) is 0 Å². The van der Waals surface area contributed by atoms with E-state index < -0.39 is 0 Å². The van der Waals surface area contributed by atoms with Crippen LogP contribution in [0.15, 0.2) is 192 Å². The average molecular weight is 728 g/mol. The molecule has 12 rings (SSSR count). The molecular formula is C55H37NO. The Bertz CT molecular complexity index is 3450. The summed E-state index contributed by atoms with van der Waals surface area (Å²) in [5.74, 6) is 0. The second-order valence-electron chi connectivity index (χ2n) is 16.1. The van der Waals surface area contributed by atoms with Crippen LogP contribution in [0, 0.1) is 0 Å². The molecule has 1 aliphatic carbocycles. The van der Waals surface area contributed by atoms with Crippen molar-refractivity contribution in [1.29, 1.82) is 0 Å². The van der Waals surface area contributed by atoms with E-state index >= 15 is 0 Å². The van der Waals surface area contributed by atoms with Crippen molar-refractivity contribution in [2.75, 3.05) is 4.90 Å². The maximum Gasteiger partial charge on any atom is 0.143 e. The molecule has 1 aliphatic rings. The lowest BCUT2D eigenvalue weighted by molar-refractivity contribution is 0.660. The summed E-state index contributed by atoms with van der Waals surface area (Å²) in [6.45, 7) is 4.70. The van der Waals surface area contributed by atoms with Crippen molar-refractivity contribution in [2.24, 2.45) is 0 Å². The number of benzene rings is 10. The average Bonchev–Trinajstić information content (AvgIpc) is 3.73. The first kappa shape index (κ1) is 32.1. The third-order valence-corrected chi connectivity index (χ3v) is 12.6. The second-order valence-corrected chi connectivity index (χ2v) is 16.1. The first-order valence-electron chi connectivity index (χ1n) is 19.8. The highest BCUT2D eigenvalue weighted by Gasteiger charge is 2.36. The minimum Gasteiger partial charge on any atom is -0.455 e. The van der Waals surface area contributed by atoms with Gasteiger partial charge < -0.3 is 9.32 Å². The van der Waals surface area contributed by atoms with E-state index in [0.717, 1.165) is 44.6 Å². The summed E-state index contributed by atoms with van der Waals surface area (Å²) in [6, 6.07) is 68.9. The molecule has 0 aliphatic heterocycles. The predicted molar refractivity (Wildman–Crippen MR) is 241 cm³/mol. The van der Waals surface area contributed by atoms with E-state index in [2.05, 4.69) is 207 Å². The van der Waals surface area contributed by atoms with Gasteiger partial charge in [-0.25, -0.2) is 0 Å². The van der Waals surface area contributed by atoms with Gasteiger partial charge in [0.1, 0.15) is 11.2 Å². The lowest BCUT2D eigenvalue weighted by atomic mass is 9.82. The molecule has 57 heavy (non-hydrogen) atoms. The number of rotatable bonds is 4. The number of nitrogens with zero attached hydrogens (tertiary/aromatic N) is 1. The van der Waals surface area contributed by atoms with Crippen molar-refractivity contribution in [1.82, 2.24) is 0 Å². The van der Waals surface area contributed by atoms with Crippen molar-refractivity contribution < 1.29 is 4.42 Å². The van der Waals surface area contributed by atoms with Crippen LogP contribution in [0.2, 0.25) is 0 Å². The van der Waals surface area contributed by atoms with Crippen molar-refractivity contribution in [3.05, 3.63) is 199 Å². The summed E-state index contributed by atoms with van der Waals surface area (Å²) in [4.78, 5) is 2.42. The zero-order valence-corrected chi connectivity index (χ0v) is 31.8. The fraction of sp³-hybridized carbons (Fsp3) is 0.0545. The largest absolute Gasteiger partial charge is 0.455 e. The molecule has 10 aromatic carbocycles. The highest BCUT2D eigenvalue weighted by Crippen LogP contribution is 2.52. The Morgan fingerprint density at radius 1 is 0.386 bits per heavy atom. The van der Waals surface area contributed by atoms with Gasteiger partial charge in [-0.1, -0.05) is 153 Å². The molecule has 268 valence electrons. The fourth-order valence-electron chi connectivity index (χ4n) is 9.89. The lowest BCUT2D eigenvalue weighted by Gasteiger charge is -2.29. The number of anilines is 3. The van der Waals surface area contributed by atoms with Crippen LogP contribution in [-0.2, 0) is 5.41 Å². The van der Waals surface area contributed by atoms with Crippen LogP contribution in [0.25, 0.3) is 87.3 Å². The van der Waals surface area contributed by atoms with Gasteiger partial charge in [-0.3, -0.25) is 0 Å². The van der Waals surface area contributed by atoms with Crippen molar-refractivity contribution in [2.45, 2.75) is 19.3 Å². The molecule has 0 bridgehead atoms. The molecule has 0 saturated heterocycles. The summed E-state index contributed by atoms with van der Waals surface area (Å²) < 4.78 is 7.18. The van der Waals surface area contributed by atoms with E-state index in [1.807, 2.05) is 0 Å². The van der Waals surface area contributed by atoms with Crippen molar-refractivity contribution in [3.63, 3.8) is 0 Å². The fourth-order valence-corrected chi connectivity index (χ4v) is 9.89. The summed E-state index contributed by atoms with van der Waals surface area (Å²) in [6.07, 6.45) is 0. The van der Waals surface area contributed by atoms with Gasteiger partial charge in [-0.05, 0) is 108 Å². The molecule has 0 radical (unpaired) electrons. The molecule has 0 spiro atoms. The Labute approximate surface area is 330 Å². The maximum absolute atomic E-state index is 7.18. The SMILES string of the molecule is CC1(C)c2ccccc2-c2ccc(N(c3ccc4c(c3)oc3c(-c5cc6ccccc6c6ccccc56)c5ccccc5cc34)c3cccc4ccccc34)cc21. The van der Waals surface area contributed by atoms with Gasteiger partial charge in [0.25, 0.3) is 0 Å². The van der Waals surface area contributed by atoms with Crippen LogP contribution in [0.4, 0.5) is 17.1 Å². The van der Waals surface area contributed by atoms with Gasteiger partial charge in [0, 0.05) is 44.6 Å².